The van der Waals surface area contributed by atoms with Gasteiger partial charge in [-0.05, 0) is 25.1 Å². The Morgan fingerprint density at radius 3 is 2.44 bits per heavy atom. The molecule has 0 aromatic heterocycles. The van der Waals surface area contributed by atoms with E-state index in [9.17, 15) is 22.8 Å². The van der Waals surface area contributed by atoms with E-state index in [1.165, 1.54) is 6.92 Å². The summed E-state index contributed by atoms with van der Waals surface area (Å²) in [5, 5.41) is 0. The third kappa shape index (κ3) is 3.08. The van der Waals surface area contributed by atoms with Gasteiger partial charge in [0, 0.05) is 5.56 Å². The first-order valence-corrected chi connectivity index (χ1v) is 4.19. The predicted molar refractivity (Wildman–Crippen MR) is 48.5 cm³/mol. The highest BCUT2D eigenvalue weighted by molar-refractivity contribution is 5.96. The van der Waals surface area contributed by atoms with E-state index in [-0.39, 0.29) is 23.2 Å². The fourth-order valence-corrected chi connectivity index (χ4v) is 1.08. The number of rotatable bonds is 3. The predicted octanol–water partition coefficient (Wildman–Crippen LogP) is 2.60. The van der Waals surface area contributed by atoms with Gasteiger partial charge in [0.25, 0.3) is 0 Å². The van der Waals surface area contributed by atoms with Crippen LogP contribution in [0, 0.1) is 0 Å². The first kappa shape index (κ1) is 12.2. The van der Waals surface area contributed by atoms with Crippen LogP contribution in [-0.4, -0.2) is 18.4 Å². The summed E-state index contributed by atoms with van der Waals surface area (Å²) in [5.41, 5.74) is -0.165. The quantitative estimate of drug-likeness (QED) is 0.594. The number of benzene rings is 1. The molecule has 0 radical (unpaired) electrons. The lowest BCUT2D eigenvalue weighted by Gasteiger charge is -2.10. The Hall–Kier alpha value is -1.85. The van der Waals surface area contributed by atoms with Crippen molar-refractivity contribution >= 4 is 12.1 Å². The SMILES string of the molecule is CC(=O)c1ccc(OC(F)(F)F)c(C=O)c1. The van der Waals surface area contributed by atoms with E-state index in [4.69, 9.17) is 0 Å². The summed E-state index contributed by atoms with van der Waals surface area (Å²) in [6, 6.07) is 3.15. The maximum absolute atomic E-state index is 11.9. The smallest absolute Gasteiger partial charge is 0.405 e. The van der Waals surface area contributed by atoms with Crippen molar-refractivity contribution < 1.29 is 27.5 Å². The number of hydrogen-bond donors (Lipinski definition) is 0. The maximum atomic E-state index is 11.9. The van der Waals surface area contributed by atoms with E-state index < -0.39 is 12.1 Å². The fraction of sp³-hybridized carbons (Fsp3) is 0.200. The molecule has 0 N–H and O–H groups in total. The average Bonchev–Trinajstić information content (AvgIpc) is 2.15. The summed E-state index contributed by atoms with van der Waals surface area (Å²) in [5.74, 6) is -0.964. The van der Waals surface area contributed by atoms with Gasteiger partial charge < -0.3 is 4.74 Å². The normalized spacial score (nSPS) is 11.0. The standard InChI is InChI=1S/C10H7F3O3/c1-6(15)7-2-3-9(8(4-7)5-14)16-10(11,12)13/h2-5H,1H3. The van der Waals surface area contributed by atoms with Gasteiger partial charge in [-0.1, -0.05) is 0 Å². The average molecular weight is 232 g/mol. The van der Waals surface area contributed by atoms with Crippen LogP contribution < -0.4 is 4.74 Å². The number of carbonyl (C=O) groups is 2. The molecular weight excluding hydrogens is 225 g/mol. The second-order valence-electron chi connectivity index (χ2n) is 2.97. The lowest BCUT2D eigenvalue weighted by atomic mass is 10.1. The van der Waals surface area contributed by atoms with Gasteiger partial charge in [0.05, 0.1) is 5.56 Å². The van der Waals surface area contributed by atoms with Crippen LogP contribution in [0.25, 0.3) is 0 Å². The molecule has 3 nitrogen and oxygen atoms in total. The van der Waals surface area contributed by atoms with Gasteiger partial charge in [0.1, 0.15) is 5.75 Å². The minimum atomic E-state index is -4.87. The molecule has 1 rings (SSSR count). The Bertz CT molecular complexity index is 424. The molecule has 0 fully saturated rings. The minimum Gasteiger partial charge on any atom is -0.405 e. The largest absolute Gasteiger partial charge is 0.573 e. The number of halogens is 3. The third-order valence-corrected chi connectivity index (χ3v) is 1.77. The van der Waals surface area contributed by atoms with Crippen molar-refractivity contribution in [2.75, 3.05) is 0 Å². The Labute approximate surface area is 88.8 Å². The van der Waals surface area contributed by atoms with Crippen LogP contribution >= 0.6 is 0 Å². The van der Waals surface area contributed by atoms with Crippen molar-refractivity contribution in [3.63, 3.8) is 0 Å². The monoisotopic (exact) mass is 232 g/mol. The molecule has 0 unspecified atom stereocenters. The number of carbonyl (C=O) groups excluding carboxylic acids is 2. The van der Waals surface area contributed by atoms with Crippen molar-refractivity contribution in [3.8, 4) is 5.75 Å². The number of alkyl halides is 3. The molecular formula is C10H7F3O3. The minimum absolute atomic E-state index is 0.150. The van der Waals surface area contributed by atoms with Crippen molar-refractivity contribution in [3.05, 3.63) is 29.3 Å². The zero-order valence-electron chi connectivity index (χ0n) is 8.17. The number of hydrogen-bond acceptors (Lipinski definition) is 3. The zero-order chi connectivity index (χ0) is 12.3. The molecule has 0 atom stereocenters. The molecule has 16 heavy (non-hydrogen) atoms. The summed E-state index contributed by atoms with van der Waals surface area (Å²) in [6.45, 7) is 1.24. The summed E-state index contributed by atoms with van der Waals surface area (Å²) in [7, 11) is 0. The van der Waals surface area contributed by atoms with Gasteiger partial charge in [0.15, 0.2) is 12.1 Å². The fourth-order valence-electron chi connectivity index (χ4n) is 1.08. The first-order valence-electron chi connectivity index (χ1n) is 4.19. The molecule has 0 amide bonds. The van der Waals surface area contributed by atoms with Crippen molar-refractivity contribution in [1.29, 1.82) is 0 Å². The van der Waals surface area contributed by atoms with E-state index in [1.807, 2.05) is 0 Å². The molecule has 6 heteroatoms. The van der Waals surface area contributed by atoms with E-state index in [1.54, 1.807) is 0 Å². The van der Waals surface area contributed by atoms with Gasteiger partial charge in [0.2, 0.25) is 0 Å². The number of ketones is 1. The van der Waals surface area contributed by atoms with Crippen LogP contribution in [0.1, 0.15) is 27.6 Å². The van der Waals surface area contributed by atoms with Crippen LogP contribution in [0.2, 0.25) is 0 Å². The van der Waals surface area contributed by atoms with Crippen LogP contribution in [0.4, 0.5) is 13.2 Å². The molecule has 0 aliphatic heterocycles. The van der Waals surface area contributed by atoms with E-state index >= 15 is 0 Å². The summed E-state index contributed by atoms with van der Waals surface area (Å²) in [6.07, 6.45) is -4.66. The van der Waals surface area contributed by atoms with E-state index in [0.29, 0.717) is 0 Å². The van der Waals surface area contributed by atoms with Crippen LogP contribution in [0.5, 0.6) is 5.75 Å². The summed E-state index contributed by atoms with van der Waals surface area (Å²) in [4.78, 5) is 21.5. The number of aldehydes is 1. The van der Waals surface area contributed by atoms with Crippen molar-refractivity contribution in [2.24, 2.45) is 0 Å². The lowest BCUT2D eigenvalue weighted by Crippen LogP contribution is -2.18. The number of Topliss-reactive ketones (excluding diaryl/α,β-unsaturated/α-hetero) is 1. The maximum Gasteiger partial charge on any atom is 0.573 e. The summed E-state index contributed by atoms with van der Waals surface area (Å²) >= 11 is 0. The molecule has 0 saturated heterocycles. The summed E-state index contributed by atoms with van der Waals surface area (Å²) < 4.78 is 39.4. The molecule has 0 saturated carbocycles. The van der Waals surface area contributed by atoms with Crippen LogP contribution in [-0.2, 0) is 0 Å². The highest BCUT2D eigenvalue weighted by atomic mass is 19.4. The molecule has 0 bridgehead atoms. The Balaban J connectivity index is 3.12. The van der Waals surface area contributed by atoms with Crippen LogP contribution in [0.3, 0.4) is 0 Å². The molecule has 0 aliphatic carbocycles. The highest BCUT2D eigenvalue weighted by Gasteiger charge is 2.32. The van der Waals surface area contributed by atoms with Gasteiger partial charge in [-0.15, -0.1) is 13.2 Å². The second-order valence-corrected chi connectivity index (χ2v) is 2.97. The topological polar surface area (TPSA) is 43.4 Å². The molecule has 1 aromatic rings. The Morgan fingerprint density at radius 2 is 2.00 bits per heavy atom. The molecule has 0 heterocycles. The second kappa shape index (κ2) is 4.34. The van der Waals surface area contributed by atoms with E-state index in [0.717, 1.165) is 18.2 Å². The van der Waals surface area contributed by atoms with Gasteiger partial charge in [-0.3, -0.25) is 9.59 Å². The van der Waals surface area contributed by atoms with Crippen molar-refractivity contribution in [1.82, 2.24) is 0 Å². The third-order valence-electron chi connectivity index (χ3n) is 1.77. The Kier molecular flexibility index (Phi) is 3.31. The highest BCUT2D eigenvalue weighted by Crippen LogP contribution is 2.26. The van der Waals surface area contributed by atoms with Crippen molar-refractivity contribution in [2.45, 2.75) is 13.3 Å². The lowest BCUT2D eigenvalue weighted by molar-refractivity contribution is -0.274. The van der Waals surface area contributed by atoms with Gasteiger partial charge >= 0.3 is 6.36 Å². The molecule has 86 valence electrons. The molecule has 0 spiro atoms. The van der Waals surface area contributed by atoms with Gasteiger partial charge in [-0.2, -0.15) is 0 Å². The van der Waals surface area contributed by atoms with Crippen LogP contribution in [0.15, 0.2) is 18.2 Å². The van der Waals surface area contributed by atoms with E-state index in [2.05, 4.69) is 4.74 Å². The molecule has 1 aromatic carbocycles. The van der Waals surface area contributed by atoms with Gasteiger partial charge in [-0.25, -0.2) is 0 Å². The zero-order valence-corrected chi connectivity index (χ0v) is 8.17. The molecule has 0 aliphatic rings. The Morgan fingerprint density at radius 1 is 1.38 bits per heavy atom. The first-order chi connectivity index (χ1) is 7.33. The number of ether oxygens (including phenoxy) is 1.